The van der Waals surface area contributed by atoms with E-state index in [-0.39, 0.29) is 17.8 Å². The summed E-state index contributed by atoms with van der Waals surface area (Å²) in [5, 5.41) is 17.9. The van der Waals surface area contributed by atoms with Gasteiger partial charge in [-0.1, -0.05) is 19.1 Å². The van der Waals surface area contributed by atoms with Crippen LogP contribution >= 0.6 is 0 Å². The van der Waals surface area contributed by atoms with Crippen LogP contribution in [0.15, 0.2) is 102 Å². The van der Waals surface area contributed by atoms with Crippen molar-refractivity contribution < 1.29 is 14.2 Å². The van der Waals surface area contributed by atoms with Crippen LogP contribution in [0.5, 0.6) is 5.75 Å². The third kappa shape index (κ3) is 6.81. The Morgan fingerprint density at radius 3 is 2.20 bits per heavy atom. The van der Waals surface area contributed by atoms with Gasteiger partial charge in [0.2, 0.25) is 5.79 Å². The van der Waals surface area contributed by atoms with Crippen LogP contribution in [0.25, 0.3) is 5.69 Å². The van der Waals surface area contributed by atoms with Gasteiger partial charge in [0.1, 0.15) is 24.8 Å². The number of aromatic nitrogens is 5. The zero-order chi connectivity index (χ0) is 33.8. The summed E-state index contributed by atoms with van der Waals surface area (Å²) >= 11 is 0. The predicted molar refractivity (Wildman–Crippen MR) is 185 cm³/mol. The van der Waals surface area contributed by atoms with Gasteiger partial charge >= 0.3 is 5.69 Å². The second-order valence-corrected chi connectivity index (χ2v) is 12.5. The van der Waals surface area contributed by atoms with Crippen molar-refractivity contribution in [3.63, 3.8) is 0 Å². The molecule has 1 unspecified atom stereocenters. The third-order valence-corrected chi connectivity index (χ3v) is 9.35. The van der Waals surface area contributed by atoms with Crippen LogP contribution in [0.3, 0.4) is 0 Å². The summed E-state index contributed by atoms with van der Waals surface area (Å²) in [5.74, 6) is -0.262. The van der Waals surface area contributed by atoms with Crippen molar-refractivity contribution in [3.05, 3.63) is 119 Å². The zero-order valence-electron chi connectivity index (χ0n) is 27.8. The lowest BCUT2D eigenvalue weighted by Gasteiger charge is -2.37. The van der Waals surface area contributed by atoms with Gasteiger partial charge in [-0.05, 0) is 80.1 Å². The zero-order valence-corrected chi connectivity index (χ0v) is 27.8. The summed E-state index contributed by atoms with van der Waals surface area (Å²) in [7, 11) is 0. The summed E-state index contributed by atoms with van der Waals surface area (Å²) in [5.41, 5.74) is 4.40. The molecule has 0 saturated carbocycles. The molecule has 3 aromatic carbocycles. The van der Waals surface area contributed by atoms with E-state index in [1.807, 2.05) is 62.5 Å². The van der Waals surface area contributed by atoms with Gasteiger partial charge in [-0.25, -0.2) is 14.0 Å². The van der Waals surface area contributed by atoms with Crippen molar-refractivity contribution in [1.29, 1.82) is 5.26 Å². The van der Waals surface area contributed by atoms with E-state index in [4.69, 9.17) is 14.2 Å². The van der Waals surface area contributed by atoms with E-state index in [9.17, 15) is 10.1 Å². The summed E-state index contributed by atoms with van der Waals surface area (Å²) < 4.78 is 23.9. The van der Waals surface area contributed by atoms with Gasteiger partial charge in [0.15, 0.2) is 0 Å². The molecule has 12 heteroatoms. The van der Waals surface area contributed by atoms with Gasteiger partial charge in [0.05, 0.1) is 36.5 Å². The molecule has 2 saturated heterocycles. The number of rotatable bonds is 11. The van der Waals surface area contributed by atoms with E-state index in [0.29, 0.717) is 25.3 Å². The van der Waals surface area contributed by atoms with Crippen LogP contribution < -0.4 is 20.2 Å². The molecule has 252 valence electrons. The molecule has 5 aromatic rings. The first-order valence-electron chi connectivity index (χ1n) is 16.7. The van der Waals surface area contributed by atoms with Crippen molar-refractivity contribution in [1.82, 2.24) is 24.1 Å². The first-order chi connectivity index (χ1) is 23.9. The maximum absolute atomic E-state index is 12.8. The van der Waals surface area contributed by atoms with Crippen LogP contribution in [0, 0.1) is 11.3 Å². The summed E-state index contributed by atoms with van der Waals surface area (Å²) in [4.78, 5) is 17.6. The number of nitriles is 1. The minimum atomic E-state index is -1.03. The van der Waals surface area contributed by atoms with Crippen molar-refractivity contribution in [2.45, 2.75) is 44.7 Å². The fraction of sp³-hybridized carbons (Fsp3) is 0.351. The van der Waals surface area contributed by atoms with Crippen LogP contribution in [0.4, 0.5) is 11.4 Å². The molecule has 49 heavy (non-hydrogen) atoms. The first-order valence-corrected chi connectivity index (χ1v) is 16.7. The molecule has 2 aliphatic rings. The van der Waals surface area contributed by atoms with Gasteiger partial charge < -0.3 is 24.0 Å². The largest absolute Gasteiger partial charge is 0.491 e. The SMILES string of the molecule is CCC(C)n1ncn(-c2ccc(N3CCN(c4ccc(OC[C@@H]5CO[C@@](Cn6cccn6)(c6ccc(C#N)cc6)O5)cc4)CC3)cc2)c1=O. The minimum absolute atomic E-state index is 0.0663. The predicted octanol–water partition coefficient (Wildman–Crippen LogP) is 4.75. The van der Waals surface area contributed by atoms with Crippen molar-refractivity contribution >= 4 is 11.4 Å². The Hall–Kier alpha value is -5.38. The lowest BCUT2D eigenvalue weighted by Crippen LogP contribution is -2.46. The Bertz CT molecular complexity index is 1920. The molecule has 2 aromatic heterocycles. The average Bonchev–Trinajstić information content (AvgIpc) is 3.92. The summed E-state index contributed by atoms with van der Waals surface area (Å²) in [6, 6.07) is 27.7. The number of benzene rings is 3. The number of anilines is 2. The topological polar surface area (TPSA) is 116 Å². The molecular weight excluding hydrogens is 620 g/mol. The van der Waals surface area contributed by atoms with E-state index in [0.717, 1.165) is 61.0 Å². The minimum Gasteiger partial charge on any atom is -0.491 e. The lowest BCUT2D eigenvalue weighted by molar-refractivity contribution is -0.190. The quantitative estimate of drug-likeness (QED) is 0.198. The fourth-order valence-corrected chi connectivity index (χ4v) is 6.34. The molecule has 0 amide bonds. The second kappa shape index (κ2) is 14.0. The molecule has 2 aliphatic heterocycles. The molecule has 0 spiro atoms. The molecule has 12 nitrogen and oxygen atoms in total. The Morgan fingerprint density at radius 2 is 1.59 bits per heavy atom. The van der Waals surface area contributed by atoms with Crippen molar-refractivity contribution in [3.8, 4) is 17.5 Å². The molecule has 0 bridgehead atoms. The number of hydrogen-bond acceptors (Lipinski definition) is 9. The van der Waals surface area contributed by atoms with Crippen LogP contribution in [0.1, 0.15) is 37.4 Å². The number of piperazine rings is 1. The number of nitrogens with zero attached hydrogens (tertiary/aromatic N) is 8. The Kier molecular flexibility index (Phi) is 9.19. The molecule has 3 atom stereocenters. The highest BCUT2D eigenvalue weighted by molar-refractivity contribution is 5.54. The van der Waals surface area contributed by atoms with Crippen LogP contribution in [-0.4, -0.2) is 69.6 Å². The second-order valence-electron chi connectivity index (χ2n) is 12.5. The Morgan fingerprint density at radius 1 is 0.939 bits per heavy atom. The number of hydrogen-bond donors (Lipinski definition) is 0. The monoisotopic (exact) mass is 660 g/mol. The maximum Gasteiger partial charge on any atom is 0.350 e. The molecule has 7 rings (SSSR count). The van der Waals surface area contributed by atoms with E-state index >= 15 is 0 Å². The summed E-state index contributed by atoms with van der Waals surface area (Å²) in [6.45, 7) is 8.70. The average molecular weight is 661 g/mol. The lowest BCUT2D eigenvalue weighted by atomic mass is 10.0. The van der Waals surface area contributed by atoms with Crippen LogP contribution in [-0.2, 0) is 21.8 Å². The Balaban J connectivity index is 0.920. The standard InChI is InChI=1S/C37H40N8O4/c1-3-28(2)45-36(46)44(27-40-45)33-11-9-31(10-12-33)41-19-21-42(22-20-41)32-13-15-34(16-14-32)47-24-35-25-48-37(49-35,26-43-18-4-17-39-43)30-7-5-29(23-38)6-8-30/h4-18,27-28,35H,3,19-22,24-26H2,1-2H3/t28?,35-,37-/m1/s1. The third-order valence-electron chi connectivity index (χ3n) is 9.35. The van der Waals surface area contributed by atoms with Crippen LogP contribution in [0.2, 0.25) is 0 Å². The van der Waals surface area contributed by atoms with Gasteiger partial charge in [-0.2, -0.15) is 15.5 Å². The molecular formula is C37H40N8O4. The maximum atomic E-state index is 12.8. The highest BCUT2D eigenvalue weighted by Gasteiger charge is 2.44. The summed E-state index contributed by atoms with van der Waals surface area (Å²) in [6.07, 6.45) is 5.77. The molecule has 2 fully saturated rings. The highest BCUT2D eigenvalue weighted by Crippen LogP contribution is 2.36. The molecule has 0 aliphatic carbocycles. The van der Waals surface area contributed by atoms with Gasteiger partial charge in [0.25, 0.3) is 0 Å². The Labute approximate surface area is 285 Å². The van der Waals surface area contributed by atoms with Gasteiger partial charge in [-0.3, -0.25) is 4.68 Å². The highest BCUT2D eigenvalue weighted by atomic mass is 16.8. The normalized spacial score (nSPS) is 19.9. The van der Waals surface area contributed by atoms with E-state index in [2.05, 4.69) is 50.3 Å². The first kappa shape index (κ1) is 32.2. The van der Waals surface area contributed by atoms with Crippen molar-refractivity contribution in [2.75, 3.05) is 49.2 Å². The van der Waals surface area contributed by atoms with E-state index in [1.165, 1.54) is 0 Å². The van der Waals surface area contributed by atoms with E-state index < -0.39 is 5.79 Å². The smallest absolute Gasteiger partial charge is 0.350 e. The van der Waals surface area contributed by atoms with Gasteiger partial charge in [-0.15, -0.1) is 0 Å². The molecule has 4 heterocycles. The fourth-order valence-electron chi connectivity index (χ4n) is 6.34. The molecule has 0 radical (unpaired) electrons. The van der Waals surface area contributed by atoms with Crippen molar-refractivity contribution in [2.24, 2.45) is 0 Å². The molecule has 0 N–H and O–H groups in total. The number of ether oxygens (including phenoxy) is 3. The van der Waals surface area contributed by atoms with Gasteiger partial charge in [0, 0.05) is 55.5 Å². The van der Waals surface area contributed by atoms with E-state index in [1.54, 1.807) is 38.6 Å².